The number of benzene rings is 1. The fourth-order valence-corrected chi connectivity index (χ4v) is 2.86. The van der Waals surface area contributed by atoms with Crippen LogP contribution in [0.4, 0.5) is 10.1 Å². The molecule has 0 saturated carbocycles. The Morgan fingerprint density at radius 3 is 2.79 bits per heavy atom. The third kappa shape index (κ3) is 2.06. The molecule has 3 rings (SSSR count). The molecule has 0 spiro atoms. The fraction of sp³-hybridized carbons (Fsp3) is 0.143. The van der Waals surface area contributed by atoms with Crippen LogP contribution >= 0.6 is 11.3 Å². The van der Waals surface area contributed by atoms with Crippen LogP contribution in [0.1, 0.15) is 15.2 Å². The van der Waals surface area contributed by atoms with Gasteiger partial charge in [0.15, 0.2) is 0 Å². The molecule has 2 heterocycles. The van der Waals surface area contributed by atoms with Gasteiger partial charge in [-0.3, -0.25) is 9.59 Å². The number of rotatable bonds is 3. The molecule has 1 amide bonds. The molecule has 19 heavy (non-hydrogen) atoms. The lowest BCUT2D eigenvalue weighted by Crippen LogP contribution is -2.31. The predicted molar refractivity (Wildman–Crippen MR) is 71.1 cm³/mol. The Balaban J connectivity index is 1.88. The predicted octanol–water partition coefficient (Wildman–Crippen LogP) is 2.66. The summed E-state index contributed by atoms with van der Waals surface area (Å²) in [5, 5.41) is 1.96. The number of ketones is 1. The van der Waals surface area contributed by atoms with Crippen LogP contribution < -0.4 is 4.90 Å². The van der Waals surface area contributed by atoms with Gasteiger partial charge >= 0.3 is 0 Å². The molecular formula is C14H10FNO2S. The summed E-state index contributed by atoms with van der Waals surface area (Å²) in [6, 6.07) is 7.72. The topological polar surface area (TPSA) is 37.4 Å². The van der Waals surface area contributed by atoms with Crippen molar-refractivity contribution >= 4 is 28.7 Å². The molecule has 3 nitrogen and oxygen atoms in total. The number of halogens is 1. The number of thiophene rings is 1. The molecule has 1 aliphatic heterocycles. The summed E-state index contributed by atoms with van der Waals surface area (Å²) in [6.07, 6.45) is 0.659. The van der Waals surface area contributed by atoms with Gasteiger partial charge in [-0.1, -0.05) is 6.07 Å². The van der Waals surface area contributed by atoms with Gasteiger partial charge in [0.25, 0.3) is 11.7 Å². The van der Waals surface area contributed by atoms with Crippen LogP contribution in [0.5, 0.6) is 0 Å². The first kappa shape index (κ1) is 12.0. The number of hydrogen-bond donors (Lipinski definition) is 0. The van der Waals surface area contributed by atoms with Gasteiger partial charge in [-0.2, -0.15) is 0 Å². The molecule has 1 aliphatic rings. The molecule has 0 bridgehead atoms. The maximum atomic E-state index is 13.3. The van der Waals surface area contributed by atoms with Crippen molar-refractivity contribution in [2.45, 2.75) is 6.42 Å². The van der Waals surface area contributed by atoms with Crippen LogP contribution in [-0.2, 0) is 11.2 Å². The number of anilines is 1. The summed E-state index contributed by atoms with van der Waals surface area (Å²) < 4.78 is 13.3. The van der Waals surface area contributed by atoms with Crippen LogP contribution in [0.25, 0.3) is 0 Å². The maximum Gasteiger partial charge on any atom is 0.299 e. The Kier molecular flexibility index (Phi) is 2.91. The van der Waals surface area contributed by atoms with Gasteiger partial charge in [-0.05, 0) is 36.1 Å². The Hall–Kier alpha value is -2.01. The van der Waals surface area contributed by atoms with Crippen LogP contribution in [0.2, 0.25) is 0 Å². The van der Waals surface area contributed by atoms with Crippen molar-refractivity contribution in [2.24, 2.45) is 0 Å². The van der Waals surface area contributed by atoms with E-state index < -0.39 is 17.5 Å². The van der Waals surface area contributed by atoms with Gasteiger partial charge in [0.1, 0.15) is 5.82 Å². The maximum absolute atomic E-state index is 13.3. The lowest BCUT2D eigenvalue weighted by Gasteiger charge is -2.15. The van der Waals surface area contributed by atoms with Gasteiger partial charge < -0.3 is 4.90 Å². The Morgan fingerprint density at radius 1 is 1.21 bits per heavy atom. The minimum absolute atomic E-state index is 0.289. The monoisotopic (exact) mass is 275 g/mol. The van der Waals surface area contributed by atoms with Crippen LogP contribution in [0.3, 0.4) is 0 Å². The van der Waals surface area contributed by atoms with Crippen LogP contribution in [0.15, 0.2) is 35.7 Å². The van der Waals surface area contributed by atoms with Crippen molar-refractivity contribution in [3.05, 3.63) is 52.0 Å². The Morgan fingerprint density at radius 2 is 2.05 bits per heavy atom. The summed E-state index contributed by atoms with van der Waals surface area (Å²) in [5.41, 5.74) is 0.670. The highest BCUT2D eigenvalue weighted by molar-refractivity contribution is 7.09. The largest absolute Gasteiger partial charge is 0.304 e. The van der Waals surface area contributed by atoms with Gasteiger partial charge in [0, 0.05) is 11.4 Å². The number of Topliss-reactive ketones (excluding diaryl/α,β-unsaturated/α-hetero) is 1. The number of carbonyl (C=O) groups is 2. The van der Waals surface area contributed by atoms with Crippen molar-refractivity contribution in [1.82, 2.24) is 0 Å². The number of amides is 1. The zero-order valence-electron chi connectivity index (χ0n) is 9.93. The first-order valence-corrected chi connectivity index (χ1v) is 6.73. The minimum atomic E-state index is -0.572. The lowest BCUT2D eigenvalue weighted by atomic mass is 10.1. The average Bonchev–Trinajstić information content (AvgIpc) is 2.98. The lowest BCUT2D eigenvalue weighted by molar-refractivity contribution is -0.114. The Labute approximate surface area is 113 Å². The highest BCUT2D eigenvalue weighted by atomic mass is 32.1. The summed E-state index contributed by atoms with van der Waals surface area (Å²) in [6.45, 7) is 0.390. The normalized spacial score (nSPS) is 14.1. The standard InChI is InChI=1S/C14H10FNO2S/c15-9-3-4-11-12(8-9)16(14(18)13(11)17)6-5-10-2-1-7-19-10/h1-4,7-8H,5-6H2. The van der Waals surface area contributed by atoms with E-state index in [0.29, 0.717) is 18.7 Å². The molecule has 96 valence electrons. The van der Waals surface area contributed by atoms with Crippen molar-refractivity contribution in [3.63, 3.8) is 0 Å². The van der Waals surface area contributed by atoms with E-state index in [2.05, 4.69) is 0 Å². The van der Waals surface area contributed by atoms with Gasteiger partial charge in [0.05, 0.1) is 11.3 Å². The quantitative estimate of drug-likeness (QED) is 0.808. The third-order valence-electron chi connectivity index (χ3n) is 3.10. The Bertz CT molecular complexity index is 651. The van der Waals surface area contributed by atoms with E-state index in [1.165, 1.54) is 23.1 Å². The van der Waals surface area contributed by atoms with Crippen molar-refractivity contribution in [3.8, 4) is 0 Å². The minimum Gasteiger partial charge on any atom is -0.304 e. The molecule has 0 saturated heterocycles. The van der Waals surface area contributed by atoms with Crippen molar-refractivity contribution < 1.29 is 14.0 Å². The summed E-state index contributed by atoms with van der Waals surface area (Å²) in [4.78, 5) is 26.2. The summed E-state index contributed by atoms with van der Waals surface area (Å²) >= 11 is 1.60. The van der Waals surface area contributed by atoms with E-state index in [1.807, 2.05) is 17.5 Å². The third-order valence-corrected chi connectivity index (χ3v) is 4.03. The van der Waals surface area contributed by atoms with Gasteiger partial charge in [-0.15, -0.1) is 11.3 Å². The molecule has 0 atom stereocenters. The first-order chi connectivity index (χ1) is 9.16. The van der Waals surface area contributed by atoms with Crippen LogP contribution in [0, 0.1) is 5.82 Å². The van der Waals surface area contributed by atoms with E-state index in [-0.39, 0.29) is 5.56 Å². The average molecular weight is 275 g/mol. The zero-order valence-corrected chi connectivity index (χ0v) is 10.7. The summed E-state index contributed by atoms with van der Waals surface area (Å²) in [5.74, 6) is -1.57. The van der Waals surface area contributed by atoms with E-state index >= 15 is 0 Å². The molecule has 0 unspecified atom stereocenters. The number of hydrogen-bond acceptors (Lipinski definition) is 3. The zero-order chi connectivity index (χ0) is 13.4. The van der Waals surface area contributed by atoms with Gasteiger partial charge in [0.2, 0.25) is 0 Å². The molecule has 1 aromatic carbocycles. The van der Waals surface area contributed by atoms with Crippen molar-refractivity contribution in [1.29, 1.82) is 0 Å². The number of fused-ring (bicyclic) bond motifs is 1. The molecule has 1 aromatic heterocycles. The van der Waals surface area contributed by atoms with Crippen molar-refractivity contribution in [2.75, 3.05) is 11.4 Å². The molecule has 5 heteroatoms. The molecule has 2 aromatic rings. The van der Waals surface area contributed by atoms with Gasteiger partial charge in [-0.25, -0.2) is 4.39 Å². The van der Waals surface area contributed by atoms with E-state index in [0.717, 1.165) is 4.88 Å². The van der Waals surface area contributed by atoms with Crippen LogP contribution in [-0.4, -0.2) is 18.2 Å². The number of nitrogens with zero attached hydrogens (tertiary/aromatic N) is 1. The fourth-order valence-electron chi connectivity index (χ4n) is 2.17. The highest BCUT2D eigenvalue weighted by Gasteiger charge is 2.35. The number of carbonyl (C=O) groups excluding carboxylic acids is 2. The smallest absolute Gasteiger partial charge is 0.299 e. The van der Waals surface area contributed by atoms with E-state index in [9.17, 15) is 14.0 Å². The molecule has 0 aliphatic carbocycles. The van der Waals surface area contributed by atoms with E-state index in [1.54, 1.807) is 11.3 Å². The second-order valence-corrected chi connectivity index (χ2v) is 5.31. The molecule has 0 radical (unpaired) electrons. The molecular weight excluding hydrogens is 265 g/mol. The SMILES string of the molecule is O=C1C(=O)N(CCc2cccs2)c2cc(F)ccc21. The molecule has 0 N–H and O–H groups in total. The highest BCUT2D eigenvalue weighted by Crippen LogP contribution is 2.29. The second kappa shape index (κ2) is 4.59. The first-order valence-electron chi connectivity index (χ1n) is 5.85. The molecule has 0 fully saturated rings. The second-order valence-electron chi connectivity index (χ2n) is 4.28. The van der Waals surface area contributed by atoms with E-state index in [4.69, 9.17) is 0 Å². The summed E-state index contributed by atoms with van der Waals surface area (Å²) in [7, 11) is 0.